The van der Waals surface area contributed by atoms with Crippen molar-refractivity contribution in [3.8, 4) is 0 Å². The van der Waals surface area contributed by atoms with E-state index in [4.69, 9.17) is 13.3 Å². The lowest BCUT2D eigenvalue weighted by Gasteiger charge is -2.38. The van der Waals surface area contributed by atoms with E-state index in [1.54, 1.807) is 19.0 Å². The van der Waals surface area contributed by atoms with Crippen molar-refractivity contribution in [2.75, 3.05) is 72.8 Å². The Labute approximate surface area is 141 Å². The molecule has 0 spiro atoms. The Hall–Kier alpha value is -0.513. The number of carbonyl (C=O) groups excluding carboxylic acids is 1. The van der Waals surface area contributed by atoms with Gasteiger partial charge in [0.2, 0.25) is 5.91 Å². The lowest BCUT2D eigenvalue weighted by atomic mass is 10.3. The van der Waals surface area contributed by atoms with E-state index in [1.165, 1.54) is 0 Å². The summed E-state index contributed by atoms with van der Waals surface area (Å²) in [6.07, 6.45) is 0.720. The van der Waals surface area contributed by atoms with Crippen molar-refractivity contribution in [3.05, 3.63) is 0 Å². The molecule has 0 radical (unpaired) electrons. The van der Waals surface area contributed by atoms with E-state index < -0.39 is 8.80 Å². The number of piperazine rings is 1. The molecule has 1 rings (SSSR count). The van der Waals surface area contributed by atoms with E-state index in [-0.39, 0.29) is 5.91 Å². The number of hydrogen-bond acceptors (Lipinski definition) is 6. The molecule has 8 heteroatoms. The lowest BCUT2D eigenvalue weighted by molar-refractivity contribution is -0.130. The van der Waals surface area contributed by atoms with Crippen molar-refractivity contribution in [2.45, 2.75) is 20.8 Å². The molecule has 1 heterocycles. The molecule has 0 aliphatic carbocycles. The zero-order valence-electron chi connectivity index (χ0n) is 15.3. The van der Waals surface area contributed by atoms with Crippen LogP contribution in [0.5, 0.6) is 0 Å². The summed E-state index contributed by atoms with van der Waals surface area (Å²) in [4.78, 5) is 18.0. The second-order valence-electron chi connectivity index (χ2n) is 5.82. The predicted molar refractivity (Wildman–Crippen MR) is 92.2 cm³/mol. The molecule has 0 saturated carbocycles. The topological polar surface area (TPSA) is 54.5 Å². The van der Waals surface area contributed by atoms with E-state index in [0.717, 1.165) is 32.3 Å². The first-order valence-corrected chi connectivity index (χ1v) is 10.5. The smallest absolute Gasteiger partial charge is 0.373 e. The first-order chi connectivity index (χ1) is 11.0. The average molecular weight is 348 g/mol. The van der Waals surface area contributed by atoms with Gasteiger partial charge in [-0.3, -0.25) is 14.6 Å². The maximum atomic E-state index is 11.8. The van der Waals surface area contributed by atoms with Crippen LogP contribution in [0.1, 0.15) is 20.8 Å². The highest BCUT2D eigenvalue weighted by molar-refractivity contribution is 6.60. The molecule has 23 heavy (non-hydrogen) atoms. The molecule has 0 atom stereocenters. The summed E-state index contributed by atoms with van der Waals surface area (Å²) in [6, 6.07) is 0. The molecule has 0 aromatic carbocycles. The van der Waals surface area contributed by atoms with Gasteiger partial charge < -0.3 is 18.2 Å². The van der Waals surface area contributed by atoms with Gasteiger partial charge in [-0.05, 0) is 20.8 Å². The molecule has 0 aromatic heterocycles. The lowest BCUT2D eigenvalue weighted by Crippen LogP contribution is -2.59. The summed E-state index contributed by atoms with van der Waals surface area (Å²) < 4.78 is 17.7. The fourth-order valence-corrected chi connectivity index (χ4v) is 5.34. The zero-order valence-corrected chi connectivity index (χ0v) is 16.3. The van der Waals surface area contributed by atoms with Crippen LogP contribution >= 0.6 is 0 Å². The highest BCUT2D eigenvalue weighted by Crippen LogP contribution is 2.14. The first-order valence-electron chi connectivity index (χ1n) is 8.53. The second kappa shape index (κ2) is 10.4. The Bertz CT molecular complexity index is 333. The molecule has 1 aliphatic rings. The van der Waals surface area contributed by atoms with Crippen molar-refractivity contribution < 1.29 is 18.1 Å². The molecule has 1 saturated heterocycles. The van der Waals surface area contributed by atoms with Crippen LogP contribution in [0.4, 0.5) is 0 Å². The van der Waals surface area contributed by atoms with Gasteiger partial charge in [0.15, 0.2) is 0 Å². The van der Waals surface area contributed by atoms with Crippen LogP contribution in [-0.2, 0) is 18.1 Å². The predicted octanol–water partition coefficient (Wildman–Crippen LogP) is 0.280. The minimum absolute atomic E-state index is 0.153. The van der Waals surface area contributed by atoms with Gasteiger partial charge in [-0.15, -0.1) is 0 Å². The van der Waals surface area contributed by atoms with Crippen molar-refractivity contribution >= 4 is 14.7 Å². The highest BCUT2D eigenvalue weighted by Gasteiger charge is 2.43. The summed E-state index contributed by atoms with van der Waals surface area (Å²) in [5, 5.41) is 0. The summed E-state index contributed by atoms with van der Waals surface area (Å²) in [5.41, 5.74) is 0. The third-order valence-corrected chi connectivity index (χ3v) is 6.85. The quantitative estimate of drug-likeness (QED) is 0.529. The van der Waals surface area contributed by atoms with Crippen LogP contribution in [0.15, 0.2) is 0 Å². The molecule has 7 nitrogen and oxygen atoms in total. The van der Waals surface area contributed by atoms with Gasteiger partial charge in [0.25, 0.3) is 0 Å². The number of carbonyl (C=O) groups is 1. The summed E-state index contributed by atoms with van der Waals surface area (Å²) in [7, 11) is 0.970. The van der Waals surface area contributed by atoms with Gasteiger partial charge in [0.05, 0.1) is 12.7 Å². The monoisotopic (exact) mass is 347 g/mol. The first kappa shape index (κ1) is 20.5. The Kier molecular flexibility index (Phi) is 9.26. The van der Waals surface area contributed by atoms with E-state index in [0.29, 0.717) is 26.4 Å². The van der Waals surface area contributed by atoms with Gasteiger partial charge in [0.1, 0.15) is 0 Å². The van der Waals surface area contributed by atoms with E-state index in [9.17, 15) is 4.79 Å². The summed E-state index contributed by atoms with van der Waals surface area (Å²) in [6.45, 7) is 11.8. The third-order valence-electron chi connectivity index (χ3n) is 3.83. The molecule has 136 valence electrons. The Balaban J connectivity index is 2.52. The van der Waals surface area contributed by atoms with Gasteiger partial charge in [-0.1, -0.05) is 0 Å². The van der Waals surface area contributed by atoms with Gasteiger partial charge >= 0.3 is 8.80 Å². The molecule has 0 bridgehead atoms. The third kappa shape index (κ3) is 6.86. The van der Waals surface area contributed by atoms with Crippen LogP contribution < -0.4 is 0 Å². The number of amides is 1. The second-order valence-corrected chi connectivity index (χ2v) is 8.37. The zero-order chi connectivity index (χ0) is 17.3. The summed E-state index contributed by atoms with van der Waals surface area (Å²) in [5.74, 6) is 0.153. The minimum atomic E-state index is -2.62. The normalized spacial score (nSPS) is 17.4. The maximum Gasteiger partial charge on any atom is 0.515 e. The number of nitrogens with zero attached hydrogens (tertiary/aromatic N) is 3. The van der Waals surface area contributed by atoms with Gasteiger partial charge in [-0.2, -0.15) is 0 Å². The average Bonchev–Trinajstić information content (AvgIpc) is 2.50. The number of likely N-dealkylation sites (N-methyl/N-ethyl adjacent to an activating group) is 1. The van der Waals surface area contributed by atoms with Crippen LogP contribution in [0.2, 0.25) is 0 Å². The van der Waals surface area contributed by atoms with Crippen molar-refractivity contribution in [1.82, 2.24) is 14.7 Å². The molecule has 0 unspecified atom stereocenters. The largest absolute Gasteiger partial charge is 0.515 e. The van der Waals surface area contributed by atoms with Crippen molar-refractivity contribution in [3.63, 3.8) is 0 Å². The van der Waals surface area contributed by atoms with Crippen LogP contribution in [0.25, 0.3) is 0 Å². The Morgan fingerprint density at radius 3 is 1.74 bits per heavy atom. The fourth-order valence-electron chi connectivity index (χ4n) is 2.63. The minimum Gasteiger partial charge on any atom is -0.373 e. The van der Waals surface area contributed by atoms with Crippen molar-refractivity contribution in [1.29, 1.82) is 0 Å². The molecule has 1 fully saturated rings. The van der Waals surface area contributed by atoms with E-state index in [1.807, 2.05) is 20.8 Å². The van der Waals surface area contributed by atoms with E-state index >= 15 is 0 Å². The number of rotatable bonds is 10. The molecular formula is C15H33N3O4Si. The van der Waals surface area contributed by atoms with Crippen LogP contribution in [-0.4, -0.2) is 102 Å². The Morgan fingerprint density at radius 2 is 1.35 bits per heavy atom. The fraction of sp³-hybridized carbons (Fsp3) is 0.933. The van der Waals surface area contributed by atoms with Crippen molar-refractivity contribution in [2.24, 2.45) is 0 Å². The standard InChI is InChI=1S/C15H33N3O4Si/c1-6-20-23(21-7-2,22-8-3)14-18-11-9-17(10-12-18)13-15(19)16(4)5/h6-14H2,1-5H3. The molecule has 0 aromatic rings. The summed E-state index contributed by atoms with van der Waals surface area (Å²) >= 11 is 0. The van der Waals surface area contributed by atoms with E-state index in [2.05, 4.69) is 9.80 Å². The van der Waals surface area contributed by atoms with Crippen LogP contribution in [0.3, 0.4) is 0 Å². The molecule has 1 aliphatic heterocycles. The molecular weight excluding hydrogens is 314 g/mol. The Morgan fingerprint density at radius 1 is 0.913 bits per heavy atom. The van der Waals surface area contributed by atoms with Crippen LogP contribution in [0, 0.1) is 0 Å². The number of hydrogen-bond donors (Lipinski definition) is 0. The highest BCUT2D eigenvalue weighted by atomic mass is 28.4. The van der Waals surface area contributed by atoms with Gasteiger partial charge in [-0.25, -0.2) is 0 Å². The molecule has 1 amide bonds. The van der Waals surface area contributed by atoms with Gasteiger partial charge in [0, 0.05) is 60.1 Å². The maximum absolute atomic E-state index is 11.8. The molecule has 0 N–H and O–H groups in total. The SMILES string of the molecule is CCO[Si](CN1CCN(CC(=O)N(C)C)CC1)(OCC)OCC.